The van der Waals surface area contributed by atoms with Crippen LogP contribution >= 0.6 is 0 Å². The Morgan fingerprint density at radius 2 is 1.75 bits per heavy atom. The van der Waals surface area contributed by atoms with Gasteiger partial charge in [-0.2, -0.15) is 0 Å². The Morgan fingerprint density at radius 1 is 1.06 bits per heavy atom. The van der Waals surface area contributed by atoms with Gasteiger partial charge in [0.25, 0.3) is 0 Å². The fraction of sp³-hybridized carbons (Fsp3) is 0.0769. The summed E-state index contributed by atoms with van der Waals surface area (Å²) < 4.78 is 4.36. The maximum absolute atomic E-state index is 11.3. The number of hydrogen-bond donors (Lipinski definition) is 0. The number of carbonyl (C=O) groups excluding carboxylic acids is 2. The van der Waals surface area contributed by atoms with E-state index in [0.29, 0.717) is 0 Å². The molecule has 0 aliphatic rings. The molecular weight excluding hydrogens is 204 g/mol. The van der Waals surface area contributed by atoms with Crippen molar-refractivity contribution in [2.45, 2.75) is 0 Å². The van der Waals surface area contributed by atoms with Crippen molar-refractivity contribution in [1.29, 1.82) is 0 Å². The van der Waals surface area contributed by atoms with Crippen LogP contribution in [0.5, 0.6) is 0 Å². The molecule has 0 heterocycles. The molecule has 0 aliphatic heterocycles. The topological polar surface area (TPSA) is 43.4 Å². The lowest BCUT2D eigenvalue weighted by atomic mass is 10.2. The van der Waals surface area contributed by atoms with Crippen LogP contribution in [0.4, 0.5) is 0 Å². The molecule has 0 aromatic heterocycles. The quantitative estimate of drug-likeness (QED) is 0.571. The molecule has 0 saturated carbocycles. The van der Waals surface area contributed by atoms with Gasteiger partial charge < -0.3 is 4.74 Å². The van der Waals surface area contributed by atoms with Gasteiger partial charge in [-0.05, 0) is 17.7 Å². The van der Waals surface area contributed by atoms with Crippen LogP contribution in [0.15, 0.2) is 48.6 Å². The second-order valence-electron chi connectivity index (χ2n) is 3.00. The van der Waals surface area contributed by atoms with E-state index in [1.807, 2.05) is 30.3 Å². The summed E-state index contributed by atoms with van der Waals surface area (Å²) in [5.74, 6) is -0.796. The first-order chi connectivity index (χ1) is 7.72. The molecule has 0 amide bonds. The van der Waals surface area contributed by atoms with Crippen LogP contribution in [0.3, 0.4) is 0 Å². The van der Waals surface area contributed by atoms with Crippen molar-refractivity contribution in [3.63, 3.8) is 0 Å². The Bertz CT molecular complexity index is 416. The van der Waals surface area contributed by atoms with E-state index < -0.39 is 5.97 Å². The van der Waals surface area contributed by atoms with Crippen molar-refractivity contribution in [3.8, 4) is 0 Å². The Labute approximate surface area is 94.0 Å². The molecule has 0 unspecified atom stereocenters. The smallest absolute Gasteiger partial charge is 0.330 e. The molecule has 0 fully saturated rings. The van der Waals surface area contributed by atoms with E-state index in [1.54, 1.807) is 6.08 Å². The minimum atomic E-state index is -0.540. The average Bonchev–Trinajstić information content (AvgIpc) is 2.34. The molecule has 0 bridgehead atoms. The van der Waals surface area contributed by atoms with Crippen LogP contribution in [0.1, 0.15) is 5.56 Å². The number of ether oxygens (including phenoxy) is 1. The van der Waals surface area contributed by atoms with E-state index in [-0.39, 0.29) is 5.78 Å². The van der Waals surface area contributed by atoms with E-state index >= 15 is 0 Å². The first kappa shape index (κ1) is 11.9. The van der Waals surface area contributed by atoms with Gasteiger partial charge in [-0.3, -0.25) is 4.79 Å². The molecule has 82 valence electrons. The van der Waals surface area contributed by atoms with Gasteiger partial charge in [-0.15, -0.1) is 0 Å². The van der Waals surface area contributed by atoms with Crippen LogP contribution in [0.25, 0.3) is 6.08 Å². The number of esters is 1. The summed E-state index contributed by atoms with van der Waals surface area (Å²) in [5, 5.41) is 0. The number of allylic oxidation sites excluding steroid dienone is 2. The number of ketones is 1. The third-order valence-electron chi connectivity index (χ3n) is 1.82. The molecule has 0 saturated heterocycles. The van der Waals surface area contributed by atoms with Gasteiger partial charge in [0.1, 0.15) is 0 Å². The Balaban J connectivity index is 2.55. The molecule has 1 aromatic carbocycles. The molecule has 16 heavy (non-hydrogen) atoms. The van der Waals surface area contributed by atoms with Crippen molar-refractivity contribution < 1.29 is 14.3 Å². The number of carbonyl (C=O) groups is 2. The molecule has 0 atom stereocenters. The Kier molecular flexibility index (Phi) is 4.73. The zero-order valence-electron chi connectivity index (χ0n) is 8.92. The number of benzene rings is 1. The van der Waals surface area contributed by atoms with Crippen molar-refractivity contribution in [2.75, 3.05) is 7.11 Å². The first-order valence-electron chi connectivity index (χ1n) is 4.75. The summed E-state index contributed by atoms with van der Waals surface area (Å²) in [6.07, 6.45) is 5.35. The Hall–Kier alpha value is -2.16. The second-order valence-corrected chi connectivity index (χ2v) is 3.00. The molecule has 0 spiro atoms. The van der Waals surface area contributed by atoms with Crippen molar-refractivity contribution >= 4 is 17.8 Å². The summed E-state index contributed by atoms with van der Waals surface area (Å²) >= 11 is 0. The fourth-order valence-electron chi connectivity index (χ4n) is 1.02. The largest absolute Gasteiger partial charge is 0.466 e. The van der Waals surface area contributed by atoms with Crippen LogP contribution in [-0.4, -0.2) is 18.9 Å². The SMILES string of the molecule is COC(=O)/C=C\C(=O)/C=C/c1ccccc1. The van der Waals surface area contributed by atoms with E-state index in [9.17, 15) is 9.59 Å². The lowest BCUT2D eigenvalue weighted by molar-refractivity contribution is -0.135. The molecule has 0 aliphatic carbocycles. The second kappa shape index (κ2) is 6.35. The summed E-state index contributed by atoms with van der Waals surface area (Å²) in [5.41, 5.74) is 0.933. The molecule has 1 rings (SSSR count). The van der Waals surface area contributed by atoms with E-state index in [0.717, 1.165) is 11.6 Å². The number of hydrogen-bond acceptors (Lipinski definition) is 3. The van der Waals surface area contributed by atoms with E-state index in [4.69, 9.17) is 0 Å². The van der Waals surface area contributed by atoms with Crippen molar-refractivity contribution in [2.24, 2.45) is 0 Å². The van der Waals surface area contributed by atoms with Gasteiger partial charge >= 0.3 is 5.97 Å². The highest BCUT2D eigenvalue weighted by Gasteiger charge is 1.93. The maximum atomic E-state index is 11.3. The molecule has 0 radical (unpaired) electrons. The van der Waals surface area contributed by atoms with Crippen LogP contribution < -0.4 is 0 Å². The summed E-state index contributed by atoms with van der Waals surface area (Å²) in [6, 6.07) is 9.43. The average molecular weight is 216 g/mol. The molecule has 3 nitrogen and oxygen atoms in total. The monoisotopic (exact) mass is 216 g/mol. The summed E-state index contributed by atoms with van der Waals surface area (Å²) in [7, 11) is 1.26. The Morgan fingerprint density at radius 3 is 2.38 bits per heavy atom. The first-order valence-corrected chi connectivity index (χ1v) is 4.75. The summed E-state index contributed by atoms with van der Waals surface area (Å²) in [6.45, 7) is 0. The third kappa shape index (κ3) is 4.37. The predicted molar refractivity (Wildman–Crippen MR) is 61.6 cm³/mol. The van der Waals surface area contributed by atoms with Gasteiger partial charge in [-0.25, -0.2) is 4.79 Å². The lowest BCUT2D eigenvalue weighted by Crippen LogP contribution is -1.95. The highest BCUT2D eigenvalue weighted by atomic mass is 16.5. The minimum absolute atomic E-state index is 0.255. The van der Waals surface area contributed by atoms with Gasteiger partial charge in [-0.1, -0.05) is 36.4 Å². The van der Waals surface area contributed by atoms with Crippen LogP contribution in [-0.2, 0) is 14.3 Å². The van der Waals surface area contributed by atoms with Gasteiger partial charge in [0.15, 0.2) is 5.78 Å². The zero-order chi connectivity index (χ0) is 11.8. The predicted octanol–water partition coefficient (Wildman–Crippen LogP) is 2.00. The molecule has 3 heteroatoms. The molecule has 1 aromatic rings. The normalized spacial score (nSPS) is 10.8. The maximum Gasteiger partial charge on any atom is 0.330 e. The van der Waals surface area contributed by atoms with Crippen LogP contribution in [0.2, 0.25) is 0 Å². The number of rotatable bonds is 4. The van der Waals surface area contributed by atoms with Gasteiger partial charge in [0.05, 0.1) is 7.11 Å². The number of methoxy groups -OCH3 is 1. The summed E-state index contributed by atoms with van der Waals surface area (Å²) in [4.78, 5) is 22.0. The highest BCUT2D eigenvalue weighted by molar-refractivity contribution is 6.04. The molecular formula is C13H12O3. The minimum Gasteiger partial charge on any atom is -0.466 e. The van der Waals surface area contributed by atoms with E-state index in [2.05, 4.69) is 4.74 Å². The van der Waals surface area contributed by atoms with Crippen molar-refractivity contribution in [3.05, 3.63) is 54.1 Å². The lowest BCUT2D eigenvalue weighted by Gasteiger charge is -1.90. The van der Waals surface area contributed by atoms with Crippen molar-refractivity contribution in [1.82, 2.24) is 0 Å². The third-order valence-corrected chi connectivity index (χ3v) is 1.82. The van der Waals surface area contributed by atoms with Crippen LogP contribution in [0, 0.1) is 0 Å². The fourth-order valence-corrected chi connectivity index (χ4v) is 1.02. The molecule has 0 N–H and O–H groups in total. The standard InChI is InChI=1S/C13H12O3/c1-16-13(15)10-9-12(14)8-7-11-5-3-2-4-6-11/h2-10H,1H3/b8-7+,10-9-. The zero-order valence-corrected chi connectivity index (χ0v) is 8.92. The van der Waals surface area contributed by atoms with E-state index in [1.165, 1.54) is 19.3 Å². The van der Waals surface area contributed by atoms with Gasteiger partial charge in [0, 0.05) is 6.08 Å². The highest BCUT2D eigenvalue weighted by Crippen LogP contribution is 2.00. The van der Waals surface area contributed by atoms with Gasteiger partial charge in [0.2, 0.25) is 0 Å².